The fourth-order valence-electron chi connectivity index (χ4n) is 1.75. The minimum absolute atomic E-state index is 0.395. The second kappa shape index (κ2) is 5.52. The average Bonchev–Trinajstić information content (AvgIpc) is 2.19. The SMILES string of the molecule is CC(C)C(CN)N(C)c1ccc(Br)cc1. The van der Waals surface area contributed by atoms with E-state index in [9.17, 15) is 0 Å². The second-order valence-electron chi connectivity index (χ2n) is 4.13. The highest BCUT2D eigenvalue weighted by atomic mass is 79.9. The quantitative estimate of drug-likeness (QED) is 0.912. The van der Waals surface area contributed by atoms with Crippen LogP contribution in [0.15, 0.2) is 28.7 Å². The molecular formula is C12H19BrN2. The van der Waals surface area contributed by atoms with Crippen molar-refractivity contribution in [3.8, 4) is 0 Å². The van der Waals surface area contributed by atoms with Gasteiger partial charge in [-0.25, -0.2) is 0 Å². The summed E-state index contributed by atoms with van der Waals surface area (Å²) >= 11 is 3.43. The lowest BCUT2D eigenvalue weighted by molar-refractivity contribution is 0.480. The van der Waals surface area contributed by atoms with E-state index < -0.39 is 0 Å². The summed E-state index contributed by atoms with van der Waals surface area (Å²) in [6.07, 6.45) is 0. The van der Waals surface area contributed by atoms with E-state index in [0.717, 1.165) is 4.47 Å². The lowest BCUT2D eigenvalue weighted by Gasteiger charge is -2.32. The van der Waals surface area contributed by atoms with Crippen molar-refractivity contribution in [3.05, 3.63) is 28.7 Å². The summed E-state index contributed by atoms with van der Waals surface area (Å²) in [6, 6.07) is 8.72. The van der Waals surface area contributed by atoms with E-state index in [1.807, 2.05) is 0 Å². The van der Waals surface area contributed by atoms with Crippen LogP contribution in [-0.2, 0) is 0 Å². The summed E-state index contributed by atoms with van der Waals surface area (Å²) in [6.45, 7) is 5.09. The summed E-state index contributed by atoms with van der Waals surface area (Å²) in [7, 11) is 2.10. The van der Waals surface area contributed by atoms with Gasteiger partial charge in [-0.15, -0.1) is 0 Å². The highest BCUT2D eigenvalue weighted by molar-refractivity contribution is 9.10. The Hall–Kier alpha value is -0.540. The topological polar surface area (TPSA) is 29.3 Å². The van der Waals surface area contributed by atoms with Crippen molar-refractivity contribution in [2.24, 2.45) is 11.7 Å². The van der Waals surface area contributed by atoms with Crippen LogP contribution < -0.4 is 10.6 Å². The molecule has 15 heavy (non-hydrogen) atoms. The van der Waals surface area contributed by atoms with E-state index in [-0.39, 0.29) is 0 Å². The van der Waals surface area contributed by atoms with Gasteiger partial charge in [0.1, 0.15) is 0 Å². The molecule has 0 radical (unpaired) electrons. The Kier molecular flexibility index (Phi) is 4.61. The summed E-state index contributed by atoms with van der Waals surface area (Å²) < 4.78 is 1.11. The van der Waals surface area contributed by atoms with Crippen molar-refractivity contribution >= 4 is 21.6 Å². The molecule has 0 aliphatic rings. The molecule has 3 heteroatoms. The molecule has 0 saturated heterocycles. The molecule has 0 saturated carbocycles. The first-order chi connectivity index (χ1) is 7.06. The Balaban J connectivity index is 2.82. The Morgan fingerprint density at radius 2 is 1.80 bits per heavy atom. The van der Waals surface area contributed by atoms with Gasteiger partial charge in [-0.1, -0.05) is 29.8 Å². The third kappa shape index (κ3) is 3.21. The zero-order valence-corrected chi connectivity index (χ0v) is 11.2. The highest BCUT2D eigenvalue weighted by Gasteiger charge is 2.16. The average molecular weight is 271 g/mol. The molecule has 1 aromatic carbocycles. The normalized spacial score (nSPS) is 12.9. The number of benzene rings is 1. The molecule has 0 fully saturated rings. The number of rotatable bonds is 4. The lowest BCUT2D eigenvalue weighted by atomic mass is 10.0. The molecule has 0 aliphatic heterocycles. The fourth-order valence-corrected chi connectivity index (χ4v) is 2.01. The van der Waals surface area contributed by atoms with Gasteiger partial charge in [0, 0.05) is 29.8 Å². The standard InChI is InChI=1S/C12H19BrN2/c1-9(2)12(8-14)15(3)11-6-4-10(13)5-7-11/h4-7,9,12H,8,14H2,1-3H3. The van der Waals surface area contributed by atoms with Crippen LogP contribution in [0.5, 0.6) is 0 Å². The number of nitrogens with zero attached hydrogens (tertiary/aromatic N) is 1. The van der Waals surface area contributed by atoms with Crippen LogP contribution in [0.3, 0.4) is 0 Å². The molecule has 0 heterocycles. The Bertz CT molecular complexity index is 295. The number of hydrogen-bond acceptors (Lipinski definition) is 2. The smallest absolute Gasteiger partial charge is 0.0431 e. The summed E-state index contributed by atoms with van der Waals surface area (Å²) in [5.74, 6) is 0.559. The predicted molar refractivity (Wildman–Crippen MR) is 70.2 cm³/mol. The van der Waals surface area contributed by atoms with Gasteiger partial charge < -0.3 is 10.6 Å². The Morgan fingerprint density at radius 1 is 1.27 bits per heavy atom. The minimum Gasteiger partial charge on any atom is -0.370 e. The van der Waals surface area contributed by atoms with Crippen LogP contribution in [-0.4, -0.2) is 19.6 Å². The zero-order chi connectivity index (χ0) is 11.4. The Morgan fingerprint density at radius 3 is 2.20 bits per heavy atom. The van der Waals surface area contributed by atoms with Crippen LogP contribution in [0.4, 0.5) is 5.69 Å². The maximum Gasteiger partial charge on any atom is 0.0431 e. The molecule has 1 aromatic rings. The van der Waals surface area contributed by atoms with Crippen LogP contribution >= 0.6 is 15.9 Å². The van der Waals surface area contributed by atoms with Crippen LogP contribution in [0.1, 0.15) is 13.8 Å². The largest absolute Gasteiger partial charge is 0.370 e. The molecule has 2 nitrogen and oxygen atoms in total. The molecule has 1 atom stereocenters. The predicted octanol–water partition coefficient (Wildman–Crippen LogP) is 2.87. The van der Waals surface area contributed by atoms with Crippen molar-refractivity contribution < 1.29 is 0 Å². The van der Waals surface area contributed by atoms with Gasteiger partial charge in [0.2, 0.25) is 0 Å². The van der Waals surface area contributed by atoms with Gasteiger partial charge in [0.25, 0.3) is 0 Å². The van der Waals surface area contributed by atoms with Crippen LogP contribution in [0.2, 0.25) is 0 Å². The molecule has 1 unspecified atom stereocenters. The number of likely N-dealkylation sites (N-methyl/N-ethyl adjacent to an activating group) is 1. The monoisotopic (exact) mass is 270 g/mol. The van der Waals surface area contributed by atoms with Crippen molar-refractivity contribution in [2.45, 2.75) is 19.9 Å². The molecule has 84 valence electrons. The maximum absolute atomic E-state index is 5.79. The van der Waals surface area contributed by atoms with Crippen LogP contribution in [0, 0.1) is 5.92 Å². The van der Waals surface area contributed by atoms with E-state index >= 15 is 0 Å². The van der Waals surface area contributed by atoms with Gasteiger partial charge in [0.15, 0.2) is 0 Å². The van der Waals surface area contributed by atoms with E-state index in [2.05, 4.69) is 66.0 Å². The number of anilines is 1. The van der Waals surface area contributed by atoms with E-state index in [1.54, 1.807) is 0 Å². The molecule has 0 aromatic heterocycles. The van der Waals surface area contributed by atoms with Gasteiger partial charge in [0.05, 0.1) is 0 Å². The number of hydrogen-bond donors (Lipinski definition) is 1. The van der Waals surface area contributed by atoms with Gasteiger partial charge >= 0.3 is 0 Å². The molecular weight excluding hydrogens is 252 g/mol. The van der Waals surface area contributed by atoms with E-state index in [4.69, 9.17) is 5.73 Å². The fraction of sp³-hybridized carbons (Fsp3) is 0.500. The van der Waals surface area contributed by atoms with Crippen molar-refractivity contribution in [3.63, 3.8) is 0 Å². The minimum atomic E-state index is 0.395. The zero-order valence-electron chi connectivity index (χ0n) is 9.57. The van der Waals surface area contributed by atoms with Gasteiger partial charge in [-0.05, 0) is 30.2 Å². The summed E-state index contributed by atoms with van der Waals surface area (Å²) in [4.78, 5) is 2.25. The summed E-state index contributed by atoms with van der Waals surface area (Å²) in [5, 5.41) is 0. The number of nitrogens with two attached hydrogens (primary N) is 1. The van der Waals surface area contributed by atoms with Crippen molar-refractivity contribution in [2.75, 3.05) is 18.5 Å². The number of halogens is 1. The molecule has 2 N–H and O–H groups in total. The second-order valence-corrected chi connectivity index (χ2v) is 5.05. The first-order valence-electron chi connectivity index (χ1n) is 5.24. The molecule has 0 bridgehead atoms. The molecule has 1 rings (SSSR count). The van der Waals surface area contributed by atoms with E-state index in [1.165, 1.54) is 5.69 Å². The molecule has 0 aliphatic carbocycles. The third-order valence-corrected chi connectivity index (χ3v) is 3.27. The first-order valence-corrected chi connectivity index (χ1v) is 6.04. The van der Waals surface area contributed by atoms with Gasteiger partial charge in [-0.3, -0.25) is 0 Å². The van der Waals surface area contributed by atoms with E-state index in [0.29, 0.717) is 18.5 Å². The summed E-state index contributed by atoms with van der Waals surface area (Å²) in [5.41, 5.74) is 7.00. The lowest BCUT2D eigenvalue weighted by Crippen LogP contribution is -2.41. The third-order valence-electron chi connectivity index (χ3n) is 2.74. The first kappa shape index (κ1) is 12.5. The molecule has 0 amide bonds. The molecule has 0 spiro atoms. The van der Waals surface area contributed by atoms with Gasteiger partial charge in [-0.2, -0.15) is 0 Å². The van der Waals surface area contributed by atoms with Crippen molar-refractivity contribution in [1.82, 2.24) is 0 Å². The Labute approximate surface area is 101 Å². The maximum atomic E-state index is 5.79. The highest BCUT2D eigenvalue weighted by Crippen LogP contribution is 2.21. The van der Waals surface area contributed by atoms with Crippen LogP contribution in [0.25, 0.3) is 0 Å². The van der Waals surface area contributed by atoms with Crippen molar-refractivity contribution in [1.29, 1.82) is 0 Å².